The summed E-state index contributed by atoms with van der Waals surface area (Å²) in [6.45, 7) is 14.5. The van der Waals surface area contributed by atoms with Gasteiger partial charge in [0, 0.05) is 35.0 Å². The smallest absolute Gasteiger partial charge is 0.343 e. The molecule has 4 heterocycles. The number of ketones is 2. The summed E-state index contributed by atoms with van der Waals surface area (Å²) in [5.41, 5.74) is -2.04. The minimum Gasteiger partial charge on any atom is -0.482 e. The van der Waals surface area contributed by atoms with Crippen LogP contribution in [0.15, 0.2) is 76.9 Å². The third-order valence-corrected chi connectivity index (χ3v) is 14.5. The number of rotatable bonds is 18. The van der Waals surface area contributed by atoms with Crippen molar-refractivity contribution in [1.29, 1.82) is 0 Å². The fourth-order valence-corrected chi connectivity index (χ4v) is 10.9. The van der Waals surface area contributed by atoms with Gasteiger partial charge >= 0.3 is 11.9 Å². The van der Waals surface area contributed by atoms with Crippen molar-refractivity contribution in [2.75, 3.05) is 33.0 Å². The summed E-state index contributed by atoms with van der Waals surface area (Å²) in [7, 11) is 0. The summed E-state index contributed by atoms with van der Waals surface area (Å²) in [5, 5.41) is 49.7. The van der Waals surface area contributed by atoms with E-state index in [4.69, 9.17) is 43.0 Å². The van der Waals surface area contributed by atoms with Crippen LogP contribution in [0, 0.1) is 11.8 Å². The van der Waals surface area contributed by atoms with Crippen molar-refractivity contribution in [3.05, 3.63) is 99.2 Å². The summed E-state index contributed by atoms with van der Waals surface area (Å²) in [6.07, 6.45) is 5.13. The zero-order chi connectivity index (χ0) is 52.1. The van der Waals surface area contributed by atoms with E-state index in [2.05, 4.69) is 6.08 Å². The lowest BCUT2D eigenvalue weighted by molar-refractivity contribution is -0.277. The fourth-order valence-electron chi connectivity index (χ4n) is 10.9. The highest BCUT2D eigenvalue weighted by Gasteiger charge is 2.81. The van der Waals surface area contributed by atoms with Crippen LogP contribution in [-0.4, -0.2) is 135 Å². The number of benzene rings is 2. The van der Waals surface area contributed by atoms with Crippen LogP contribution in [0.3, 0.4) is 0 Å². The number of ether oxygens (including phenoxy) is 8. The quantitative estimate of drug-likeness (QED) is 0.0413. The van der Waals surface area contributed by atoms with Crippen LogP contribution in [0.2, 0.25) is 0 Å². The van der Waals surface area contributed by atoms with Crippen LogP contribution < -0.4 is 18.9 Å². The molecule has 1 spiro atoms. The lowest BCUT2D eigenvalue weighted by Gasteiger charge is -2.56. The Morgan fingerprint density at radius 2 is 1.58 bits per heavy atom. The molecule has 2 saturated heterocycles. The Bertz CT molecular complexity index is 2630. The molecule has 4 aliphatic heterocycles. The molecule has 17 heteroatoms. The van der Waals surface area contributed by atoms with Crippen LogP contribution in [0.25, 0.3) is 6.08 Å². The predicted molar refractivity (Wildman–Crippen MR) is 260 cm³/mol. The summed E-state index contributed by atoms with van der Waals surface area (Å²) in [4.78, 5) is 58.5. The number of fused-ring (bicyclic) bond motifs is 2. The van der Waals surface area contributed by atoms with Gasteiger partial charge in [-0.3, -0.25) is 9.59 Å². The second kappa shape index (κ2) is 20.4. The van der Waals surface area contributed by atoms with Gasteiger partial charge in [-0.15, -0.1) is 0 Å². The molecule has 2 aromatic carbocycles. The maximum Gasteiger partial charge on any atom is 0.343 e. The third kappa shape index (κ3) is 9.38. The zero-order valence-corrected chi connectivity index (χ0v) is 42.0. The number of allylic oxidation sites excluding steroid dienone is 5. The number of aliphatic hydroxyl groups is 5. The summed E-state index contributed by atoms with van der Waals surface area (Å²) >= 11 is 0. The molecule has 388 valence electrons. The Labute approximate surface area is 418 Å². The number of hydrogen-bond donors (Lipinski definition) is 5. The van der Waals surface area contributed by atoms with E-state index in [0.29, 0.717) is 36.1 Å². The van der Waals surface area contributed by atoms with E-state index in [1.807, 2.05) is 60.6 Å². The highest BCUT2D eigenvalue weighted by atomic mass is 16.7. The Hall–Kier alpha value is -5.50. The normalized spacial score (nSPS) is 30.5. The van der Waals surface area contributed by atoms with E-state index in [-0.39, 0.29) is 84.6 Å². The first-order valence-corrected chi connectivity index (χ1v) is 24.5. The van der Waals surface area contributed by atoms with Crippen LogP contribution in [0.1, 0.15) is 113 Å². The number of carbonyl (C=O) groups is 4. The topological polar surface area (TPSA) is 243 Å². The van der Waals surface area contributed by atoms with Crippen molar-refractivity contribution < 1.29 is 82.6 Å². The fraction of sp³-hybridized carbons (Fsp3) is 0.527. The van der Waals surface area contributed by atoms with Crippen LogP contribution in [0.4, 0.5) is 0 Å². The van der Waals surface area contributed by atoms with E-state index in [1.165, 1.54) is 24.3 Å². The molecule has 4 bridgehead atoms. The SMILES string of the molecule is CC(C)=CCCC1(C)C=Cc2c(c(CC=C(C)C)c3c(c2OC(=O)c2ccc(O[C@@H]4O[C@H](CO)[C@@H](O)[C@H](O)[C@H]4O)cc2)C(=O)C2=CC4CC5C(C)(C)OC(CC=C(C)C(=O)OCCOCCO)(C4=O)C25O3)O1. The second-order valence-corrected chi connectivity index (χ2v) is 20.6. The first-order valence-electron chi connectivity index (χ1n) is 24.5. The third-order valence-electron chi connectivity index (χ3n) is 14.5. The Balaban J connectivity index is 1.23. The number of aliphatic hydroxyl groups excluding tert-OH is 5. The largest absolute Gasteiger partial charge is 0.482 e. The van der Waals surface area contributed by atoms with Crippen molar-refractivity contribution in [3.63, 3.8) is 0 Å². The molecule has 1 saturated carbocycles. The Morgan fingerprint density at radius 1 is 0.861 bits per heavy atom. The predicted octanol–water partition coefficient (Wildman–Crippen LogP) is 5.40. The van der Waals surface area contributed by atoms with Crippen molar-refractivity contribution in [3.8, 4) is 23.0 Å². The summed E-state index contributed by atoms with van der Waals surface area (Å²) in [5.74, 6) is -3.20. The highest BCUT2D eigenvalue weighted by Crippen LogP contribution is 2.69. The van der Waals surface area contributed by atoms with Crippen molar-refractivity contribution in [2.24, 2.45) is 11.8 Å². The Morgan fingerprint density at radius 3 is 2.26 bits per heavy atom. The van der Waals surface area contributed by atoms with Gasteiger partial charge in [-0.25, -0.2) is 9.59 Å². The average molecular weight is 999 g/mol. The molecular weight excluding hydrogens is 933 g/mol. The lowest BCUT2D eigenvalue weighted by atomic mass is 9.51. The van der Waals surface area contributed by atoms with E-state index < -0.39 is 89.3 Å². The zero-order valence-electron chi connectivity index (χ0n) is 42.0. The molecule has 5 N–H and O–H groups in total. The van der Waals surface area contributed by atoms with E-state index in [0.717, 1.165) is 11.1 Å². The molecule has 9 rings (SSSR count). The minimum absolute atomic E-state index is 0.0345. The van der Waals surface area contributed by atoms with Gasteiger partial charge in [0.15, 0.2) is 28.5 Å². The molecule has 17 nitrogen and oxygen atoms in total. The minimum atomic E-state index is -1.78. The van der Waals surface area contributed by atoms with Crippen molar-refractivity contribution >= 4 is 29.6 Å². The highest BCUT2D eigenvalue weighted by molar-refractivity contribution is 6.19. The van der Waals surface area contributed by atoms with Crippen molar-refractivity contribution in [1.82, 2.24) is 0 Å². The maximum absolute atomic E-state index is 15.8. The number of Topliss-reactive ketones (excluding diaryl/α,β-unsaturated/α-hetero) is 2. The van der Waals surface area contributed by atoms with Gasteiger partial charge < -0.3 is 63.4 Å². The lowest BCUT2D eigenvalue weighted by Crippen LogP contribution is -2.72. The van der Waals surface area contributed by atoms with Gasteiger partial charge in [0.1, 0.15) is 59.4 Å². The number of hydrogen-bond acceptors (Lipinski definition) is 17. The summed E-state index contributed by atoms with van der Waals surface area (Å²) < 4.78 is 49.7. The van der Waals surface area contributed by atoms with Gasteiger partial charge in [-0.05, 0) is 117 Å². The molecule has 10 atom stereocenters. The molecular formula is C55H66O17. The van der Waals surface area contributed by atoms with Gasteiger partial charge in [0.2, 0.25) is 6.29 Å². The van der Waals surface area contributed by atoms with E-state index in [1.54, 1.807) is 25.2 Å². The molecule has 72 heavy (non-hydrogen) atoms. The number of carbonyl (C=O) groups excluding carboxylic acids is 4. The van der Waals surface area contributed by atoms with Crippen LogP contribution in [0.5, 0.6) is 23.0 Å². The monoisotopic (exact) mass is 998 g/mol. The second-order valence-electron chi connectivity index (χ2n) is 20.6. The van der Waals surface area contributed by atoms with Gasteiger partial charge in [-0.1, -0.05) is 35.5 Å². The number of esters is 2. The van der Waals surface area contributed by atoms with Crippen LogP contribution >= 0.6 is 0 Å². The van der Waals surface area contributed by atoms with Crippen molar-refractivity contribution in [2.45, 2.75) is 141 Å². The molecule has 3 aliphatic carbocycles. The van der Waals surface area contributed by atoms with Crippen LogP contribution in [-0.2, 0) is 35.0 Å². The van der Waals surface area contributed by atoms with Gasteiger partial charge in [0.25, 0.3) is 0 Å². The first-order chi connectivity index (χ1) is 34.1. The first kappa shape index (κ1) is 52.8. The Kier molecular flexibility index (Phi) is 15.0. The van der Waals surface area contributed by atoms with Gasteiger partial charge in [0.05, 0.1) is 43.2 Å². The molecule has 7 aliphatic rings. The maximum atomic E-state index is 15.8. The molecule has 0 aromatic heterocycles. The van der Waals surface area contributed by atoms with E-state index in [9.17, 15) is 30.0 Å². The van der Waals surface area contributed by atoms with Gasteiger partial charge in [-0.2, -0.15) is 0 Å². The standard InChI is InChI=1S/C55H66O17/c1-29(2)10-9-19-53(8)20-18-36-45(70-53)35(16-11-30(3)4)47-40(46(36)69-50(64)32-12-14-34(15-13-32)67-51-44(61)43(60)42(59)38(28-57)68-51)41(58)37-26-33-27-39-52(6,7)72-54(48(33)62,55(37,39)71-47)21-17-31(5)49(63)66-25-24-65-23-22-56/h10-15,17-18,20,26,33,38-39,42-44,51,56-57,59-61H,9,16,19,21-25,27-28H2,1-8H3/t33?,38-,39?,42-,43+,44-,51-,53?,54?,55?/m1/s1. The summed E-state index contributed by atoms with van der Waals surface area (Å²) in [6, 6.07) is 5.61. The molecule has 0 amide bonds. The molecule has 0 radical (unpaired) electrons. The van der Waals surface area contributed by atoms with E-state index >= 15 is 9.59 Å². The average Bonchev–Trinajstić information content (AvgIpc) is 3.49. The molecule has 3 fully saturated rings. The molecule has 2 aromatic rings. The molecule has 5 unspecified atom stereocenters.